The van der Waals surface area contributed by atoms with Crippen molar-refractivity contribution in [3.63, 3.8) is 0 Å². The molecule has 1 radical (unpaired) electrons. The van der Waals surface area contributed by atoms with Gasteiger partial charge in [0.1, 0.15) is 0 Å². The number of aromatic nitrogens is 2. The Labute approximate surface area is 91.5 Å². The van der Waals surface area contributed by atoms with E-state index in [9.17, 15) is 9.59 Å². The minimum Gasteiger partial charge on any atom is -0.316 e. The van der Waals surface area contributed by atoms with E-state index in [0.717, 1.165) is 11.1 Å². The number of aryl methyl sites for hydroxylation is 1. The van der Waals surface area contributed by atoms with Crippen LogP contribution in [-0.2, 0) is 6.54 Å². The lowest BCUT2D eigenvalue weighted by Crippen LogP contribution is -2.29. The minimum absolute atomic E-state index is 0.519. The van der Waals surface area contributed by atoms with Crippen LogP contribution < -0.4 is 16.4 Å². The van der Waals surface area contributed by atoms with Crippen molar-refractivity contribution in [1.82, 2.24) is 15.3 Å². The summed E-state index contributed by atoms with van der Waals surface area (Å²) in [5.74, 6) is 0. The highest BCUT2D eigenvalue weighted by molar-refractivity contribution is 5.78. The van der Waals surface area contributed by atoms with Gasteiger partial charge in [-0.05, 0) is 24.1 Å². The molecule has 2 aromatic rings. The van der Waals surface area contributed by atoms with Gasteiger partial charge in [0.15, 0.2) is 0 Å². The third-order valence-electron chi connectivity index (χ3n) is 2.56. The summed E-state index contributed by atoms with van der Waals surface area (Å²) in [6.45, 7) is 2.47. The standard InChI is InChI=1S/C11H12N3O2/c1-6-3-4-8-9(7(6)5-12-2)14-11(16)10(15)13-8/h3-4H,5H2,1-2H3,(H,13,15)(H,14,16). The number of rotatable bonds is 2. The maximum atomic E-state index is 11.3. The molecule has 0 aliphatic heterocycles. The van der Waals surface area contributed by atoms with E-state index in [2.05, 4.69) is 15.3 Å². The lowest BCUT2D eigenvalue weighted by atomic mass is 10.1. The Hall–Kier alpha value is -1.88. The van der Waals surface area contributed by atoms with Crippen LogP contribution in [0.4, 0.5) is 0 Å². The van der Waals surface area contributed by atoms with Gasteiger partial charge >= 0.3 is 11.1 Å². The van der Waals surface area contributed by atoms with Gasteiger partial charge in [0.25, 0.3) is 0 Å². The fourth-order valence-corrected chi connectivity index (χ4v) is 1.71. The molecule has 0 aliphatic rings. The third-order valence-corrected chi connectivity index (χ3v) is 2.56. The highest BCUT2D eigenvalue weighted by atomic mass is 16.2. The number of hydrogen-bond acceptors (Lipinski definition) is 2. The number of nitrogens with one attached hydrogen (secondary N) is 2. The first-order valence-electron chi connectivity index (χ1n) is 4.94. The van der Waals surface area contributed by atoms with E-state index in [0.29, 0.717) is 17.6 Å². The van der Waals surface area contributed by atoms with Crippen LogP contribution in [0.25, 0.3) is 11.0 Å². The molecule has 0 amide bonds. The van der Waals surface area contributed by atoms with Crippen LogP contribution >= 0.6 is 0 Å². The van der Waals surface area contributed by atoms with Crippen molar-refractivity contribution < 1.29 is 0 Å². The lowest BCUT2D eigenvalue weighted by molar-refractivity contribution is 0.797. The number of nitrogens with zero attached hydrogens (tertiary/aromatic N) is 1. The summed E-state index contributed by atoms with van der Waals surface area (Å²) in [7, 11) is 1.71. The number of hydrogen-bond donors (Lipinski definition) is 2. The molecule has 83 valence electrons. The first-order chi connectivity index (χ1) is 7.63. The first-order valence-corrected chi connectivity index (χ1v) is 4.94. The van der Waals surface area contributed by atoms with Gasteiger partial charge in [-0.1, -0.05) is 6.07 Å². The van der Waals surface area contributed by atoms with E-state index in [1.807, 2.05) is 13.0 Å². The van der Waals surface area contributed by atoms with Crippen LogP contribution in [0.1, 0.15) is 11.1 Å². The van der Waals surface area contributed by atoms with Gasteiger partial charge in [-0.25, -0.2) is 5.32 Å². The summed E-state index contributed by atoms with van der Waals surface area (Å²) >= 11 is 0. The SMILES string of the molecule is C[N]Cc1c(C)ccc2[nH]c(=O)c(=O)[nH]c12. The highest BCUT2D eigenvalue weighted by Gasteiger charge is 2.07. The largest absolute Gasteiger partial charge is 0.316 e. The molecule has 0 bridgehead atoms. The second-order valence-corrected chi connectivity index (χ2v) is 3.67. The zero-order chi connectivity index (χ0) is 11.7. The van der Waals surface area contributed by atoms with Crippen molar-refractivity contribution >= 4 is 11.0 Å². The zero-order valence-corrected chi connectivity index (χ0v) is 9.13. The summed E-state index contributed by atoms with van der Waals surface area (Å²) in [6, 6.07) is 3.68. The normalized spacial score (nSPS) is 10.9. The molecule has 1 aromatic carbocycles. The number of benzene rings is 1. The molecule has 0 spiro atoms. The molecule has 5 heteroatoms. The molecular weight excluding hydrogens is 206 g/mol. The second-order valence-electron chi connectivity index (χ2n) is 3.67. The van der Waals surface area contributed by atoms with Gasteiger partial charge in [-0.2, -0.15) is 0 Å². The van der Waals surface area contributed by atoms with Gasteiger partial charge in [-0.3, -0.25) is 9.59 Å². The number of aromatic amines is 2. The Morgan fingerprint density at radius 1 is 1.19 bits per heavy atom. The van der Waals surface area contributed by atoms with Crippen LogP contribution in [0.3, 0.4) is 0 Å². The molecule has 0 unspecified atom stereocenters. The van der Waals surface area contributed by atoms with Gasteiger partial charge in [-0.15, -0.1) is 0 Å². The summed E-state index contributed by atoms with van der Waals surface area (Å²) in [5.41, 5.74) is 2.02. The monoisotopic (exact) mass is 218 g/mol. The van der Waals surface area contributed by atoms with Gasteiger partial charge in [0, 0.05) is 13.6 Å². The smallest absolute Gasteiger partial charge is 0.314 e. The van der Waals surface area contributed by atoms with E-state index in [-0.39, 0.29) is 0 Å². The molecule has 0 saturated carbocycles. The van der Waals surface area contributed by atoms with E-state index in [1.165, 1.54) is 0 Å². The molecule has 2 rings (SSSR count). The van der Waals surface area contributed by atoms with Gasteiger partial charge in [0.05, 0.1) is 11.0 Å². The predicted molar refractivity (Wildman–Crippen MR) is 61.7 cm³/mol. The molecule has 16 heavy (non-hydrogen) atoms. The Morgan fingerprint density at radius 3 is 2.56 bits per heavy atom. The van der Waals surface area contributed by atoms with Crippen molar-refractivity contribution in [2.24, 2.45) is 0 Å². The van der Waals surface area contributed by atoms with Crippen molar-refractivity contribution in [2.75, 3.05) is 7.05 Å². The maximum Gasteiger partial charge on any atom is 0.314 e. The fourth-order valence-electron chi connectivity index (χ4n) is 1.71. The predicted octanol–water partition coefficient (Wildman–Crippen LogP) is 0.259. The Balaban J connectivity index is 2.86. The second kappa shape index (κ2) is 3.94. The topological polar surface area (TPSA) is 79.8 Å². The minimum atomic E-state index is -0.629. The Morgan fingerprint density at radius 2 is 1.88 bits per heavy atom. The summed E-state index contributed by atoms with van der Waals surface area (Å²) in [5, 5.41) is 4.05. The molecule has 0 atom stereocenters. The fraction of sp³-hybridized carbons (Fsp3) is 0.273. The quantitative estimate of drug-likeness (QED) is 0.709. The van der Waals surface area contributed by atoms with Crippen LogP contribution in [0.2, 0.25) is 0 Å². The molecule has 0 saturated heterocycles. The summed E-state index contributed by atoms with van der Waals surface area (Å²) < 4.78 is 0. The van der Waals surface area contributed by atoms with Crippen LogP contribution in [0.15, 0.2) is 21.7 Å². The number of H-pyrrole nitrogens is 2. The molecule has 2 N–H and O–H groups in total. The van der Waals surface area contributed by atoms with Crippen LogP contribution in [-0.4, -0.2) is 17.0 Å². The lowest BCUT2D eigenvalue weighted by Gasteiger charge is -2.07. The van der Waals surface area contributed by atoms with Crippen LogP contribution in [0, 0.1) is 6.92 Å². The van der Waals surface area contributed by atoms with Crippen molar-refractivity contribution in [2.45, 2.75) is 13.5 Å². The highest BCUT2D eigenvalue weighted by Crippen LogP contribution is 2.16. The molecule has 1 aromatic heterocycles. The number of fused-ring (bicyclic) bond motifs is 1. The van der Waals surface area contributed by atoms with E-state index >= 15 is 0 Å². The summed E-state index contributed by atoms with van der Waals surface area (Å²) in [4.78, 5) is 27.6. The van der Waals surface area contributed by atoms with E-state index < -0.39 is 11.1 Å². The van der Waals surface area contributed by atoms with Crippen LogP contribution in [0.5, 0.6) is 0 Å². The Bertz CT molecular complexity index is 640. The third kappa shape index (κ3) is 1.65. The Kier molecular flexibility index (Phi) is 2.62. The average Bonchev–Trinajstić information content (AvgIpc) is 2.25. The van der Waals surface area contributed by atoms with Crippen molar-refractivity contribution in [3.8, 4) is 0 Å². The van der Waals surface area contributed by atoms with Gasteiger partial charge < -0.3 is 9.97 Å². The van der Waals surface area contributed by atoms with Crippen molar-refractivity contribution in [3.05, 3.63) is 44.0 Å². The van der Waals surface area contributed by atoms with E-state index in [1.54, 1.807) is 13.1 Å². The maximum absolute atomic E-state index is 11.3. The van der Waals surface area contributed by atoms with E-state index in [4.69, 9.17) is 0 Å². The van der Waals surface area contributed by atoms with Gasteiger partial charge in [0.2, 0.25) is 0 Å². The average molecular weight is 218 g/mol. The molecule has 0 fully saturated rings. The molecule has 5 nitrogen and oxygen atoms in total. The zero-order valence-electron chi connectivity index (χ0n) is 9.13. The first kappa shape index (κ1) is 10.6. The molecule has 1 heterocycles. The molecular formula is C11H12N3O2. The molecule has 0 aliphatic carbocycles. The van der Waals surface area contributed by atoms with Crippen molar-refractivity contribution in [1.29, 1.82) is 0 Å². The summed E-state index contributed by atoms with van der Waals surface area (Å²) in [6.07, 6.45) is 0.